The molecule has 0 saturated heterocycles. The van der Waals surface area contributed by atoms with Crippen molar-refractivity contribution < 1.29 is 24.1 Å². The van der Waals surface area contributed by atoms with Crippen molar-refractivity contribution in [3.8, 4) is 17.2 Å². The van der Waals surface area contributed by atoms with Crippen LogP contribution < -0.4 is 25.4 Å². The molecule has 1 aliphatic rings. The van der Waals surface area contributed by atoms with Crippen molar-refractivity contribution in [3.05, 3.63) is 47.5 Å². The van der Waals surface area contributed by atoms with E-state index in [0.29, 0.717) is 42.2 Å². The molecule has 0 aliphatic carbocycles. The highest BCUT2D eigenvalue weighted by molar-refractivity contribution is 5.87. The molecule has 3 N–H and O–H groups in total. The fourth-order valence-corrected chi connectivity index (χ4v) is 3.21. The first-order valence-electron chi connectivity index (χ1n) is 10.2. The number of hydrogen-bond acceptors (Lipinski definition) is 8. The fraction of sp³-hybridized carbons (Fsp3) is 0.348. The number of nitrogens with zero attached hydrogens (tertiary/aromatic N) is 1. The van der Waals surface area contributed by atoms with Gasteiger partial charge in [-0.05, 0) is 51.5 Å². The van der Waals surface area contributed by atoms with Crippen LogP contribution in [0.25, 0.3) is 0 Å². The molecule has 0 saturated carbocycles. The molecule has 0 radical (unpaired) electrons. The van der Waals surface area contributed by atoms with E-state index in [1.165, 1.54) is 0 Å². The molecule has 2 aromatic carbocycles. The number of hydrazine groups is 2. The molecule has 0 atom stereocenters. The second kappa shape index (κ2) is 9.51. The first-order chi connectivity index (χ1) is 14.8. The molecule has 1 heterocycles. The zero-order valence-electron chi connectivity index (χ0n) is 18.4. The van der Waals surface area contributed by atoms with Crippen LogP contribution in [-0.4, -0.2) is 30.9 Å². The molecule has 0 aromatic heterocycles. The van der Waals surface area contributed by atoms with Gasteiger partial charge in [-0.3, -0.25) is 10.9 Å². The van der Waals surface area contributed by atoms with Gasteiger partial charge < -0.3 is 19.3 Å². The average molecular weight is 428 g/mol. The number of carbonyl (C=O) groups is 1. The van der Waals surface area contributed by atoms with Crippen LogP contribution in [0.2, 0.25) is 0 Å². The maximum atomic E-state index is 11.4. The van der Waals surface area contributed by atoms with E-state index < -0.39 is 5.97 Å². The van der Waals surface area contributed by atoms with Gasteiger partial charge in [0.2, 0.25) is 0 Å². The number of esters is 1. The van der Waals surface area contributed by atoms with Gasteiger partial charge in [-0.25, -0.2) is 4.79 Å². The lowest BCUT2D eigenvalue weighted by Gasteiger charge is -2.23. The first kappa shape index (κ1) is 22.1. The van der Waals surface area contributed by atoms with Gasteiger partial charge in [0.1, 0.15) is 22.9 Å². The minimum absolute atomic E-state index is 0.104. The molecule has 0 bridgehead atoms. The summed E-state index contributed by atoms with van der Waals surface area (Å²) in [4.78, 5) is 11.4. The number of nitrogens with one attached hydrogen (secondary N) is 2. The number of rotatable bonds is 9. The first-order valence-corrected chi connectivity index (χ1v) is 10.2. The molecule has 2 aromatic rings. The third kappa shape index (κ3) is 4.96. The van der Waals surface area contributed by atoms with Crippen molar-refractivity contribution in [2.24, 2.45) is 0 Å². The molecule has 8 heteroatoms. The zero-order chi connectivity index (χ0) is 22.5. The van der Waals surface area contributed by atoms with Gasteiger partial charge in [0.15, 0.2) is 0 Å². The molecular formula is C23H29N3O5. The Morgan fingerprint density at radius 2 is 1.87 bits per heavy atom. The van der Waals surface area contributed by atoms with Crippen LogP contribution in [0.3, 0.4) is 0 Å². The number of carbonyl (C=O) groups excluding carboxylic acids is 1. The Morgan fingerprint density at radius 3 is 2.58 bits per heavy atom. The molecule has 0 fully saturated rings. The SMILES string of the molecule is C=C(C)C(=O)OCCCOc1c(C)cc(N2Nc3ccc(OCC)cc3N2)c(O)c1C. The number of aryl methyl sites for hydroxylation is 1. The summed E-state index contributed by atoms with van der Waals surface area (Å²) >= 11 is 0. The Bertz CT molecular complexity index is 990. The van der Waals surface area contributed by atoms with Gasteiger partial charge in [0.05, 0.1) is 31.2 Å². The Balaban J connectivity index is 1.66. The summed E-state index contributed by atoms with van der Waals surface area (Å²) in [6, 6.07) is 7.55. The van der Waals surface area contributed by atoms with Crippen LogP contribution in [0.15, 0.2) is 36.4 Å². The van der Waals surface area contributed by atoms with Crippen LogP contribution in [0, 0.1) is 13.8 Å². The lowest BCUT2D eigenvalue weighted by molar-refractivity contribution is -0.139. The molecule has 0 amide bonds. The second-order valence-electron chi connectivity index (χ2n) is 7.33. The number of phenols is 1. The second-order valence-corrected chi connectivity index (χ2v) is 7.33. The van der Waals surface area contributed by atoms with Crippen LogP contribution >= 0.6 is 0 Å². The van der Waals surface area contributed by atoms with E-state index >= 15 is 0 Å². The van der Waals surface area contributed by atoms with E-state index in [9.17, 15) is 9.90 Å². The van der Waals surface area contributed by atoms with Crippen molar-refractivity contribution in [1.82, 2.24) is 0 Å². The predicted molar refractivity (Wildman–Crippen MR) is 121 cm³/mol. The fourth-order valence-electron chi connectivity index (χ4n) is 3.21. The van der Waals surface area contributed by atoms with E-state index in [2.05, 4.69) is 17.4 Å². The summed E-state index contributed by atoms with van der Waals surface area (Å²) in [5.74, 6) is 1.08. The van der Waals surface area contributed by atoms with Gasteiger partial charge in [0.25, 0.3) is 0 Å². The normalized spacial score (nSPS) is 11.9. The van der Waals surface area contributed by atoms with Gasteiger partial charge in [-0.2, -0.15) is 5.12 Å². The van der Waals surface area contributed by atoms with Gasteiger partial charge in [-0.1, -0.05) is 6.58 Å². The quantitative estimate of drug-likeness (QED) is 0.307. The number of anilines is 3. The van der Waals surface area contributed by atoms with Crippen LogP contribution in [0.4, 0.5) is 17.1 Å². The van der Waals surface area contributed by atoms with Crippen molar-refractivity contribution in [3.63, 3.8) is 0 Å². The number of phenolic OH excluding ortho intramolecular Hbond substituents is 1. The molecule has 0 unspecified atom stereocenters. The summed E-state index contributed by atoms with van der Waals surface area (Å²) in [6.45, 7) is 12.0. The third-order valence-electron chi connectivity index (χ3n) is 4.77. The van der Waals surface area contributed by atoms with Crippen molar-refractivity contribution >= 4 is 23.0 Å². The Hall–Kier alpha value is -3.55. The highest BCUT2D eigenvalue weighted by Crippen LogP contribution is 2.42. The number of ether oxygens (including phenoxy) is 3. The lowest BCUT2D eigenvalue weighted by atomic mass is 10.1. The summed E-state index contributed by atoms with van der Waals surface area (Å²) in [6.07, 6.45) is 0.535. The Morgan fingerprint density at radius 1 is 1.13 bits per heavy atom. The summed E-state index contributed by atoms with van der Waals surface area (Å²) in [5.41, 5.74) is 10.6. The highest BCUT2D eigenvalue weighted by atomic mass is 16.5. The molecular weight excluding hydrogens is 398 g/mol. The summed E-state index contributed by atoms with van der Waals surface area (Å²) < 4.78 is 16.5. The lowest BCUT2D eigenvalue weighted by Crippen LogP contribution is -2.29. The Labute approximate surface area is 182 Å². The predicted octanol–water partition coefficient (Wildman–Crippen LogP) is 4.47. The monoisotopic (exact) mass is 427 g/mol. The molecule has 166 valence electrons. The largest absolute Gasteiger partial charge is 0.505 e. The third-order valence-corrected chi connectivity index (χ3v) is 4.77. The van der Waals surface area contributed by atoms with E-state index in [0.717, 1.165) is 22.7 Å². The van der Waals surface area contributed by atoms with Crippen LogP contribution in [0.1, 0.15) is 31.4 Å². The smallest absolute Gasteiger partial charge is 0.333 e. The van der Waals surface area contributed by atoms with Crippen molar-refractivity contribution in [1.29, 1.82) is 0 Å². The van der Waals surface area contributed by atoms with Crippen molar-refractivity contribution in [2.45, 2.75) is 34.1 Å². The summed E-state index contributed by atoms with van der Waals surface area (Å²) in [5, 5.41) is 12.5. The number of aromatic hydroxyl groups is 1. The summed E-state index contributed by atoms with van der Waals surface area (Å²) in [7, 11) is 0. The molecule has 0 spiro atoms. The van der Waals surface area contributed by atoms with E-state index in [1.807, 2.05) is 38.1 Å². The van der Waals surface area contributed by atoms with Gasteiger partial charge in [0, 0.05) is 23.6 Å². The zero-order valence-corrected chi connectivity index (χ0v) is 18.4. The molecule has 1 aliphatic heterocycles. The maximum Gasteiger partial charge on any atom is 0.333 e. The molecule has 31 heavy (non-hydrogen) atoms. The van der Waals surface area contributed by atoms with E-state index in [1.54, 1.807) is 19.0 Å². The van der Waals surface area contributed by atoms with Crippen molar-refractivity contribution in [2.75, 3.05) is 35.8 Å². The van der Waals surface area contributed by atoms with Crippen LogP contribution in [0.5, 0.6) is 17.2 Å². The Kier molecular flexibility index (Phi) is 6.79. The standard InChI is InChI=1S/C23H29N3O5/c1-6-29-17-8-9-18-19(13-17)25-26(24-18)20-12-15(4)22(16(5)21(20)27)30-10-7-11-31-23(28)14(2)3/h8-9,12-13,24-25,27H,2,6-7,10-11H2,1,3-5H3. The van der Waals surface area contributed by atoms with Gasteiger partial charge in [-0.15, -0.1) is 0 Å². The average Bonchev–Trinajstić information content (AvgIpc) is 3.15. The van der Waals surface area contributed by atoms with Crippen LogP contribution in [-0.2, 0) is 9.53 Å². The number of benzene rings is 2. The molecule has 8 nitrogen and oxygen atoms in total. The maximum absolute atomic E-state index is 11.4. The van der Waals surface area contributed by atoms with E-state index in [-0.39, 0.29) is 12.4 Å². The highest BCUT2D eigenvalue weighted by Gasteiger charge is 2.24. The number of hydrogen-bond donors (Lipinski definition) is 3. The van der Waals surface area contributed by atoms with Gasteiger partial charge >= 0.3 is 5.97 Å². The topological polar surface area (TPSA) is 92.3 Å². The number of fused-ring (bicyclic) bond motifs is 1. The van der Waals surface area contributed by atoms with E-state index in [4.69, 9.17) is 14.2 Å². The minimum atomic E-state index is -0.408. The minimum Gasteiger partial charge on any atom is -0.505 e. The molecule has 3 rings (SSSR count).